The van der Waals surface area contributed by atoms with Crippen LogP contribution in [0.3, 0.4) is 0 Å². The highest BCUT2D eigenvalue weighted by atomic mass is 16.5. The first-order valence-corrected chi connectivity index (χ1v) is 7.48. The molecule has 1 amide bonds. The lowest BCUT2D eigenvalue weighted by Gasteiger charge is -2.34. The molecule has 1 saturated heterocycles. The van der Waals surface area contributed by atoms with Crippen LogP contribution in [0.25, 0.3) is 0 Å². The van der Waals surface area contributed by atoms with E-state index in [9.17, 15) is 9.90 Å². The van der Waals surface area contributed by atoms with Gasteiger partial charge in [-0.25, -0.2) is 0 Å². The third-order valence-corrected chi connectivity index (χ3v) is 4.22. The molecule has 1 unspecified atom stereocenters. The highest BCUT2D eigenvalue weighted by Gasteiger charge is 2.38. The van der Waals surface area contributed by atoms with Crippen molar-refractivity contribution < 1.29 is 14.6 Å². The van der Waals surface area contributed by atoms with Crippen LogP contribution in [0.1, 0.15) is 37.8 Å². The van der Waals surface area contributed by atoms with E-state index in [4.69, 9.17) is 4.74 Å². The van der Waals surface area contributed by atoms with Gasteiger partial charge in [-0.1, -0.05) is 12.1 Å². The van der Waals surface area contributed by atoms with Crippen LogP contribution in [0.2, 0.25) is 0 Å². The number of amides is 1. The number of rotatable bonds is 4. The summed E-state index contributed by atoms with van der Waals surface area (Å²) in [5.74, 6) is 0.881. The number of methoxy groups -OCH3 is 1. The Hall–Kier alpha value is -1.55. The van der Waals surface area contributed by atoms with Crippen molar-refractivity contribution in [2.24, 2.45) is 0 Å². The number of benzene rings is 1. The number of carbonyl (C=O) groups is 1. The van der Waals surface area contributed by atoms with E-state index in [1.165, 1.54) is 0 Å². The molecule has 0 spiro atoms. The summed E-state index contributed by atoms with van der Waals surface area (Å²) in [5, 5.41) is 10.2. The van der Waals surface area contributed by atoms with Crippen LogP contribution in [0.15, 0.2) is 18.2 Å². The average molecular weight is 291 g/mol. The lowest BCUT2D eigenvalue weighted by molar-refractivity contribution is -0.135. The zero-order valence-electron chi connectivity index (χ0n) is 13.3. The standard InChI is InChI=1S/C17H25NO3/c1-12-7-8-13(10-14(12)21-4)11-16(19)18-9-5-6-15(18)17(2,3)20/h7-8,10,15,20H,5-6,9,11H2,1-4H3. The molecule has 4 heteroatoms. The van der Waals surface area contributed by atoms with Crippen molar-refractivity contribution in [2.45, 2.75) is 51.7 Å². The van der Waals surface area contributed by atoms with Gasteiger partial charge in [0, 0.05) is 6.54 Å². The minimum atomic E-state index is -0.850. The van der Waals surface area contributed by atoms with Gasteiger partial charge in [0.05, 0.1) is 25.2 Å². The first-order valence-electron chi connectivity index (χ1n) is 7.48. The molecule has 4 nitrogen and oxygen atoms in total. The molecule has 1 N–H and O–H groups in total. The van der Waals surface area contributed by atoms with Gasteiger partial charge in [0.1, 0.15) is 5.75 Å². The van der Waals surface area contributed by atoms with E-state index in [0.717, 1.165) is 36.3 Å². The summed E-state index contributed by atoms with van der Waals surface area (Å²) in [5.41, 5.74) is 1.16. The lowest BCUT2D eigenvalue weighted by Crippen LogP contribution is -2.48. The van der Waals surface area contributed by atoms with E-state index in [-0.39, 0.29) is 11.9 Å². The number of aryl methyl sites for hydroxylation is 1. The zero-order chi connectivity index (χ0) is 15.6. The van der Waals surface area contributed by atoms with E-state index >= 15 is 0 Å². The Morgan fingerprint density at radius 1 is 1.48 bits per heavy atom. The molecular formula is C17H25NO3. The monoisotopic (exact) mass is 291 g/mol. The first kappa shape index (κ1) is 15.8. The molecule has 0 bridgehead atoms. The number of carbonyl (C=O) groups excluding carboxylic acids is 1. The van der Waals surface area contributed by atoms with Crippen LogP contribution in [0, 0.1) is 6.92 Å². The van der Waals surface area contributed by atoms with Gasteiger partial charge in [0.2, 0.25) is 5.91 Å². The molecule has 1 aliphatic heterocycles. The average Bonchev–Trinajstić information content (AvgIpc) is 2.90. The Kier molecular flexibility index (Phi) is 4.57. The number of nitrogens with zero attached hydrogens (tertiary/aromatic N) is 1. The van der Waals surface area contributed by atoms with Crippen LogP contribution >= 0.6 is 0 Å². The number of hydrogen-bond acceptors (Lipinski definition) is 3. The fourth-order valence-corrected chi connectivity index (χ4v) is 3.05. The summed E-state index contributed by atoms with van der Waals surface area (Å²) in [6, 6.07) is 5.77. The predicted octanol–water partition coefficient (Wildman–Crippen LogP) is 2.31. The molecular weight excluding hydrogens is 266 g/mol. The number of likely N-dealkylation sites (tertiary alicyclic amines) is 1. The van der Waals surface area contributed by atoms with Crippen LogP contribution in [-0.2, 0) is 11.2 Å². The van der Waals surface area contributed by atoms with Gasteiger partial charge in [-0.15, -0.1) is 0 Å². The van der Waals surface area contributed by atoms with Crippen LogP contribution in [-0.4, -0.2) is 41.2 Å². The SMILES string of the molecule is COc1cc(CC(=O)N2CCCC2C(C)(C)O)ccc1C. The van der Waals surface area contributed by atoms with E-state index in [1.807, 2.05) is 30.0 Å². The molecule has 21 heavy (non-hydrogen) atoms. The molecule has 1 atom stereocenters. The Bertz CT molecular complexity index is 519. The minimum absolute atomic E-state index is 0.0746. The quantitative estimate of drug-likeness (QED) is 0.926. The molecule has 1 aliphatic rings. The maximum Gasteiger partial charge on any atom is 0.227 e. The maximum atomic E-state index is 12.5. The first-order chi connectivity index (χ1) is 9.82. The molecule has 0 radical (unpaired) electrons. The van der Waals surface area contributed by atoms with Gasteiger partial charge >= 0.3 is 0 Å². The minimum Gasteiger partial charge on any atom is -0.496 e. The highest BCUT2D eigenvalue weighted by molar-refractivity contribution is 5.79. The van der Waals surface area contributed by atoms with Crippen molar-refractivity contribution in [2.75, 3.05) is 13.7 Å². The van der Waals surface area contributed by atoms with Gasteiger partial charge in [-0.05, 0) is 50.8 Å². The third kappa shape index (κ3) is 3.56. The van der Waals surface area contributed by atoms with Crippen molar-refractivity contribution in [3.8, 4) is 5.75 Å². The summed E-state index contributed by atoms with van der Waals surface area (Å²) in [6.07, 6.45) is 2.17. The fourth-order valence-electron chi connectivity index (χ4n) is 3.05. The van der Waals surface area contributed by atoms with Gasteiger partial charge in [-0.2, -0.15) is 0 Å². The van der Waals surface area contributed by atoms with Crippen molar-refractivity contribution in [1.82, 2.24) is 4.90 Å². The smallest absolute Gasteiger partial charge is 0.227 e. The van der Waals surface area contributed by atoms with E-state index in [1.54, 1.807) is 21.0 Å². The molecule has 1 aromatic carbocycles. The Balaban J connectivity index is 2.11. The normalized spacial score (nSPS) is 18.9. The van der Waals surface area contributed by atoms with Crippen molar-refractivity contribution in [1.29, 1.82) is 0 Å². The Morgan fingerprint density at radius 2 is 2.19 bits per heavy atom. The second kappa shape index (κ2) is 6.06. The molecule has 1 heterocycles. The molecule has 0 saturated carbocycles. The maximum absolute atomic E-state index is 12.5. The molecule has 2 rings (SSSR count). The summed E-state index contributed by atoms with van der Waals surface area (Å²) in [6.45, 7) is 6.27. The number of aliphatic hydroxyl groups is 1. The van der Waals surface area contributed by atoms with Gasteiger partial charge < -0.3 is 14.7 Å². The van der Waals surface area contributed by atoms with E-state index in [0.29, 0.717) is 6.42 Å². The molecule has 1 fully saturated rings. The summed E-state index contributed by atoms with van der Waals surface area (Å²) in [7, 11) is 1.64. The predicted molar refractivity (Wildman–Crippen MR) is 82.5 cm³/mol. The van der Waals surface area contributed by atoms with E-state index in [2.05, 4.69) is 0 Å². The zero-order valence-corrected chi connectivity index (χ0v) is 13.3. The van der Waals surface area contributed by atoms with Gasteiger partial charge in [0.15, 0.2) is 0 Å². The highest BCUT2D eigenvalue weighted by Crippen LogP contribution is 2.28. The van der Waals surface area contributed by atoms with Crippen molar-refractivity contribution in [3.05, 3.63) is 29.3 Å². The largest absolute Gasteiger partial charge is 0.496 e. The summed E-state index contributed by atoms with van der Waals surface area (Å²) in [4.78, 5) is 14.4. The second-order valence-electron chi connectivity index (χ2n) is 6.38. The number of hydrogen-bond donors (Lipinski definition) is 1. The summed E-state index contributed by atoms with van der Waals surface area (Å²) < 4.78 is 5.30. The molecule has 0 aliphatic carbocycles. The number of ether oxygens (including phenoxy) is 1. The van der Waals surface area contributed by atoms with Gasteiger partial charge in [-0.3, -0.25) is 4.79 Å². The third-order valence-electron chi connectivity index (χ3n) is 4.22. The Morgan fingerprint density at radius 3 is 2.81 bits per heavy atom. The van der Waals surface area contributed by atoms with E-state index < -0.39 is 5.60 Å². The van der Waals surface area contributed by atoms with Crippen LogP contribution in [0.4, 0.5) is 0 Å². The van der Waals surface area contributed by atoms with Gasteiger partial charge in [0.25, 0.3) is 0 Å². The van der Waals surface area contributed by atoms with Crippen molar-refractivity contribution >= 4 is 5.91 Å². The lowest BCUT2D eigenvalue weighted by atomic mass is 9.96. The second-order valence-corrected chi connectivity index (χ2v) is 6.38. The van der Waals surface area contributed by atoms with Crippen LogP contribution in [0.5, 0.6) is 5.75 Å². The summed E-state index contributed by atoms with van der Waals surface area (Å²) >= 11 is 0. The fraction of sp³-hybridized carbons (Fsp3) is 0.588. The van der Waals surface area contributed by atoms with Crippen LogP contribution < -0.4 is 4.74 Å². The topological polar surface area (TPSA) is 49.8 Å². The van der Waals surface area contributed by atoms with Crippen molar-refractivity contribution in [3.63, 3.8) is 0 Å². The molecule has 0 aromatic heterocycles. The molecule has 1 aromatic rings. The molecule has 116 valence electrons. The Labute approximate surface area is 126 Å².